The van der Waals surface area contributed by atoms with Crippen molar-refractivity contribution >= 4 is 41.4 Å². The third-order valence-corrected chi connectivity index (χ3v) is 5.50. The van der Waals surface area contributed by atoms with Gasteiger partial charge < -0.3 is 21.5 Å². The van der Waals surface area contributed by atoms with Gasteiger partial charge in [-0.3, -0.25) is 24.1 Å². The number of carboxylic acid groups (broad SMARTS) is 1. The molecule has 0 aliphatic carbocycles. The fraction of sp³-hybridized carbons (Fsp3) is 0.650. The lowest BCUT2D eigenvalue weighted by Gasteiger charge is -2.25. The van der Waals surface area contributed by atoms with Crippen LogP contribution in [0.1, 0.15) is 39.5 Å². The number of nitrogens with one attached hydrogen (secondary N) is 2. The van der Waals surface area contributed by atoms with Crippen LogP contribution in [0.15, 0.2) is 12.2 Å². The number of nitrogens with zero attached hydrogens (tertiary/aromatic N) is 1. The van der Waals surface area contributed by atoms with Crippen molar-refractivity contribution < 1.29 is 29.1 Å². The van der Waals surface area contributed by atoms with Crippen LogP contribution >= 0.6 is 11.8 Å². The number of carbonyl (C=O) groups is 5. The van der Waals surface area contributed by atoms with Crippen molar-refractivity contribution in [3.8, 4) is 0 Å². The zero-order valence-corrected chi connectivity index (χ0v) is 18.9. The molecule has 0 aromatic heterocycles. The Hall–Kier alpha value is -2.40. The van der Waals surface area contributed by atoms with Crippen LogP contribution in [0.5, 0.6) is 0 Å². The molecule has 3 atom stereocenters. The Kier molecular flexibility index (Phi) is 11.3. The number of amides is 4. The van der Waals surface area contributed by atoms with Crippen LogP contribution in [0.3, 0.4) is 0 Å². The summed E-state index contributed by atoms with van der Waals surface area (Å²) in [6.45, 7) is 3.67. The third-order valence-electron chi connectivity index (χ3n) is 4.86. The maximum absolute atomic E-state index is 12.7. The van der Waals surface area contributed by atoms with Crippen LogP contribution in [0.4, 0.5) is 0 Å². The molecule has 1 heterocycles. The van der Waals surface area contributed by atoms with Gasteiger partial charge in [0, 0.05) is 18.7 Å². The van der Waals surface area contributed by atoms with Crippen molar-refractivity contribution in [2.45, 2.75) is 57.7 Å². The van der Waals surface area contributed by atoms with Gasteiger partial charge in [-0.15, -0.1) is 0 Å². The molecule has 1 aliphatic heterocycles. The summed E-state index contributed by atoms with van der Waals surface area (Å²) in [5, 5.41) is 14.5. The first-order valence-corrected chi connectivity index (χ1v) is 11.6. The molecule has 0 aromatic rings. The van der Waals surface area contributed by atoms with E-state index in [4.69, 9.17) is 5.73 Å². The van der Waals surface area contributed by atoms with E-state index >= 15 is 0 Å². The molecular formula is C20H32N4O6S. The van der Waals surface area contributed by atoms with E-state index in [1.54, 1.807) is 25.6 Å². The molecule has 0 saturated carbocycles. The number of thioether (sulfide) groups is 1. The van der Waals surface area contributed by atoms with Gasteiger partial charge in [-0.25, -0.2) is 4.79 Å². The van der Waals surface area contributed by atoms with Gasteiger partial charge in [0.2, 0.25) is 11.8 Å². The van der Waals surface area contributed by atoms with Gasteiger partial charge in [-0.2, -0.15) is 11.8 Å². The molecule has 0 fully saturated rings. The lowest BCUT2D eigenvalue weighted by molar-refractivity contribution is -0.143. The van der Waals surface area contributed by atoms with Gasteiger partial charge in [0.05, 0.1) is 6.04 Å². The van der Waals surface area contributed by atoms with E-state index in [1.165, 1.54) is 12.2 Å². The smallest absolute Gasteiger partial charge is 0.326 e. The minimum absolute atomic E-state index is 0.122. The first kappa shape index (κ1) is 26.6. The third kappa shape index (κ3) is 8.70. The fourth-order valence-electron chi connectivity index (χ4n) is 2.96. The largest absolute Gasteiger partial charge is 0.480 e. The van der Waals surface area contributed by atoms with Gasteiger partial charge >= 0.3 is 5.97 Å². The highest BCUT2D eigenvalue weighted by Crippen LogP contribution is 2.10. The molecule has 11 heteroatoms. The van der Waals surface area contributed by atoms with Crippen molar-refractivity contribution in [1.29, 1.82) is 0 Å². The molecule has 3 unspecified atom stereocenters. The number of nitrogens with two attached hydrogens (primary N) is 1. The van der Waals surface area contributed by atoms with Gasteiger partial charge in [0.15, 0.2) is 0 Å². The van der Waals surface area contributed by atoms with E-state index in [1.807, 2.05) is 6.26 Å². The molecule has 0 bridgehead atoms. The fourth-order valence-corrected chi connectivity index (χ4v) is 3.45. The standard InChI is InChI=1S/C20H32N4O6S/c1-12(2)17(23-18(27)13(21)9-11-31-3)19(28)22-14(20(29)30)6-4-5-10-24-15(25)7-8-16(24)26/h7-8,12-14,17H,4-6,9-11,21H2,1-3H3,(H,22,28)(H,23,27)(H,29,30). The number of hydrogen-bond donors (Lipinski definition) is 4. The molecule has 0 saturated heterocycles. The number of carboxylic acids is 1. The van der Waals surface area contributed by atoms with Crippen LogP contribution in [0.25, 0.3) is 0 Å². The first-order chi connectivity index (χ1) is 14.6. The molecule has 174 valence electrons. The second kappa shape index (κ2) is 13.1. The second-order valence-corrected chi connectivity index (χ2v) is 8.66. The Morgan fingerprint density at radius 1 is 1.06 bits per heavy atom. The van der Waals surface area contributed by atoms with Crippen molar-refractivity contribution in [2.24, 2.45) is 11.7 Å². The zero-order chi connectivity index (χ0) is 23.6. The van der Waals surface area contributed by atoms with Gasteiger partial charge in [-0.05, 0) is 43.6 Å². The Bertz CT molecular complexity index is 694. The molecule has 0 spiro atoms. The Labute approximate surface area is 186 Å². The molecule has 5 N–H and O–H groups in total. The van der Waals surface area contributed by atoms with Crippen LogP contribution in [-0.2, 0) is 24.0 Å². The molecule has 0 radical (unpaired) electrons. The van der Waals surface area contributed by atoms with E-state index in [9.17, 15) is 29.1 Å². The summed E-state index contributed by atoms with van der Waals surface area (Å²) in [5.41, 5.74) is 5.85. The number of hydrogen-bond acceptors (Lipinski definition) is 7. The Morgan fingerprint density at radius 2 is 1.68 bits per heavy atom. The highest BCUT2D eigenvalue weighted by molar-refractivity contribution is 7.98. The summed E-state index contributed by atoms with van der Waals surface area (Å²) >= 11 is 1.56. The summed E-state index contributed by atoms with van der Waals surface area (Å²) < 4.78 is 0. The molecule has 31 heavy (non-hydrogen) atoms. The summed E-state index contributed by atoms with van der Waals surface area (Å²) in [6.07, 6.45) is 5.66. The molecule has 1 rings (SSSR count). The minimum atomic E-state index is -1.20. The average molecular weight is 457 g/mol. The zero-order valence-electron chi connectivity index (χ0n) is 18.1. The molecule has 10 nitrogen and oxygen atoms in total. The average Bonchev–Trinajstić information content (AvgIpc) is 3.03. The molecular weight excluding hydrogens is 424 g/mol. The summed E-state index contributed by atoms with van der Waals surface area (Å²) in [4.78, 5) is 60.6. The lowest BCUT2D eigenvalue weighted by atomic mass is 10.0. The SMILES string of the molecule is CSCCC(N)C(=O)NC(C(=O)NC(CCCCN1C(=O)C=CC1=O)C(=O)O)C(C)C. The Balaban J connectivity index is 2.58. The van der Waals surface area contributed by atoms with Gasteiger partial charge in [-0.1, -0.05) is 13.8 Å². The monoisotopic (exact) mass is 456 g/mol. The number of carbonyl (C=O) groups excluding carboxylic acids is 4. The van der Waals surface area contributed by atoms with Crippen LogP contribution < -0.4 is 16.4 Å². The second-order valence-electron chi connectivity index (χ2n) is 7.67. The van der Waals surface area contributed by atoms with E-state index in [0.29, 0.717) is 25.0 Å². The predicted molar refractivity (Wildman–Crippen MR) is 117 cm³/mol. The normalized spacial score (nSPS) is 16.4. The number of unbranched alkanes of at least 4 members (excludes halogenated alkanes) is 1. The van der Waals surface area contributed by atoms with Crippen molar-refractivity contribution in [3.05, 3.63) is 12.2 Å². The molecule has 0 aromatic carbocycles. The minimum Gasteiger partial charge on any atom is -0.480 e. The van der Waals surface area contributed by atoms with E-state index in [0.717, 1.165) is 4.90 Å². The number of imide groups is 1. The maximum atomic E-state index is 12.7. The van der Waals surface area contributed by atoms with E-state index < -0.39 is 35.9 Å². The van der Waals surface area contributed by atoms with E-state index in [-0.39, 0.29) is 30.7 Å². The lowest BCUT2D eigenvalue weighted by Crippen LogP contribution is -2.56. The van der Waals surface area contributed by atoms with Crippen molar-refractivity contribution in [2.75, 3.05) is 18.6 Å². The predicted octanol–water partition coefficient (Wildman–Crippen LogP) is -0.128. The Morgan fingerprint density at radius 3 is 2.19 bits per heavy atom. The van der Waals surface area contributed by atoms with Crippen molar-refractivity contribution in [1.82, 2.24) is 15.5 Å². The summed E-state index contributed by atoms with van der Waals surface area (Å²) in [6, 6.07) is -2.82. The summed E-state index contributed by atoms with van der Waals surface area (Å²) in [5.74, 6) is -2.59. The number of rotatable bonds is 14. The summed E-state index contributed by atoms with van der Waals surface area (Å²) in [7, 11) is 0. The van der Waals surface area contributed by atoms with Crippen LogP contribution in [0.2, 0.25) is 0 Å². The highest BCUT2D eigenvalue weighted by atomic mass is 32.2. The van der Waals surface area contributed by atoms with Crippen molar-refractivity contribution in [3.63, 3.8) is 0 Å². The van der Waals surface area contributed by atoms with E-state index in [2.05, 4.69) is 10.6 Å². The maximum Gasteiger partial charge on any atom is 0.326 e. The number of aliphatic carboxylic acids is 1. The molecule has 4 amide bonds. The quantitative estimate of drug-likeness (QED) is 0.208. The topological polar surface area (TPSA) is 159 Å². The molecule has 1 aliphatic rings. The van der Waals surface area contributed by atoms with Gasteiger partial charge in [0.25, 0.3) is 11.8 Å². The van der Waals surface area contributed by atoms with Crippen LogP contribution in [0, 0.1) is 5.92 Å². The first-order valence-electron chi connectivity index (χ1n) is 10.2. The van der Waals surface area contributed by atoms with Crippen LogP contribution in [-0.4, -0.2) is 76.3 Å². The van der Waals surface area contributed by atoms with Gasteiger partial charge in [0.1, 0.15) is 12.1 Å². The highest BCUT2D eigenvalue weighted by Gasteiger charge is 2.30.